The predicted octanol–water partition coefficient (Wildman–Crippen LogP) is 5.15. The van der Waals surface area contributed by atoms with Gasteiger partial charge in [0.25, 0.3) is 5.92 Å². The van der Waals surface area contributed by atoms with Crippen LogP contribution in [0.2, 0.25) is 0 Å². The second-order valence-electron chi connectivity index (χ2n) is 9.73. The number of benzene rings is 2. The number of nitrogens with zero attached hydrogens (tertiary/aromatic N) is 2. The largest absolute Gasteiger partial charge is 0.388 e. The predicted molar refractivity (Wildman–Crippen MR) is 124 cm³/mol. The third-order valence-corrected chi connectivity index (χ3v) is 6.75. The highest BCUT2D eigenvalue weighted by Gasteiger charge is 2.55. The molecule has 0 saturated carbocycles. The first-order valence-corrected chi connectivity index (χ1v) is 11.6. The number of imidazole rings is 1. The van der Waals surface area contributed by atoms with E-state index in [0.29, 0.717) is 19.4 Å². The summed E-state index contributed by atoms with van der Waals surface area (Å²) in [6, 6.07) is 11.0. The first kappa shape index (κ1) is 24.3. The van der Waals surface area contributed by atoms with E-state index in [-0.39, 0.29) is 11.5 Å². The molecule has 2 atom stereocenters. The molecule has 2 unspecified atom stereocenters. The summed E-state index contributed by atoms with van der Waals surface area (Å²) in [7, 11) is 1.61. The molecular formula is C26H30F3N3O2. The van der Waals surface area contributed by atoms with Gasteiger partial charge in [-0.15, -0.1) is 0 Å². The molecule has 2 aromatic carbocycles. The van der Waals surface area contributed by atoms with Gasteiger partial charge in [0.05, 0.1) is 23.1 Å². The first-order chi connectivity index (χ1) is 16.0. The Morgan fingerprint density at radius 3 is 2.71 bits per heavy atom. The van der Waals surface area contributed by atoms with Crippen LogP contribution >= 0.6 is 0 Å². The van der Waals surface area contributed by atoms with Gasteiger partial charge in [0.1, 0.15) is 11.6 Å². The second-order valence-corrected chi connectivity index (χ2v) is 9.73. The van der Waals surface area contributed by atoms with Crippen molar-refractivity contribution in [3.8, 4) is 0 Å². The molecule has 0 bridgehead atoms. The molecule has 182 valence electrons. The fourth-order valence-corrected chi connectivity index (χ4v) is 5.28. The quantitative estimate of drug-likeness (QED) is 0.499. The number of hydrogen-bond acceptors (Lipinski definition) is 3. The van der Waals surface area contributed by atoms with Crippen molar-refractivity contribution < 1.29 is 23.1 Å². The lowest BCUT2D eigenvalue weighted by Crippen LogP contribution is -2.50. The minimum Gasteiger partial charge on any atom is -0.388 e. The summed E-state index contributed by atoms with van der Waals surface area (Å²) in [5, 5.41) is 11.4. The Morgan fingerprint density at radius 2 is 2.00 bits per heavy atom. The van der Waals surface area contributed by atoms with Gasteiger partial charge in [-0.1, -0.05) is 32.0 Å². The van der Waals surface area contributed by atoms with Crippen LogP contribution in [0.15, 0.2) is 42.5 Å². The minimum absolute atomic E-state index is 0.204. The van der Waals surface area contributed by atoms with E-state index >= 15 is 0 Å². The number of carbonyl (C=O) groups is 1. The summed E-state index contributed by atoms with van der Waals surface area (Å²) in [6.07, 6.45) is -0.0875. The lowest BCUT2D eigenvalue weighted by Gasteiger charge is -2.46. The number of hydrogen-bond donors (Lipinski definition) is 2. The molecule has 1 aliphatic rings. The number of amides is 1. The number of H-pyrrole nitrogens is 1. The van der Waals surface area contributed by atoms with Crippen molar-refractivity contribution in [2.75, 3.05) is 13.6 Å². The van der Waals surface area contributed by atoms with Gasteiger partial charge in [-0.2, -0.15) is 0 Å². The number of rotatable bonds is 7. The molecule has 1 aliphatic carbocycles. The smallest absolute Gasteiger partial charge is 0.276 e. The summed E-state index contributed by atoms with van der Waals surface area (Å²) in [6.45, 7) is 4.03. The number of aliphatic hydroxyl groups is 1. The van der Waals surface area contributed by atoms with Crippen molar-refractivity contribution in [2.45, 2.75) is 57.0 Å². The van der Waals surface area contributed by atoms with Crippen LogP contribution in [-0.4, -0.2) is 45.1 Å². The fraction of sp³-hybridized carbons (Fsp3) is 0.462. The van der Waals surface area contributed by atoms with Crippen LogP contribution in [0, 0.1) is 11.7 Å². The van der Waals surface area contributed by atoms with Gasteiger partial charge in [-0.3, -0.25) is 4.79 Å². The molecular weight excluding hydrogens is 443 g/mol. The summed E-state index contributed by atoms with van der Waals surface area (Å²) in [5.41, 5.74) is -0.311. The summed E-state index contributed by atoms with van der Waals surface area (Å²) < 4.78 is 43.7. The zero-order chi connectivity index (χ0) is 24.7. The molecule has 0 saturated heterocycles. The molecule has 1 aromatic heterocycles. The zero-order valence-corrected chi connectivity index (χ0v) is 19.6. The minimum atomic E-state index is -3.43. The Labute approximate surface area is 197 Å². The maximum absolute atomic E-state index is 15.0. The standard InChI is InChI=1S/C26H30F3N3O2/c1-16(2)24-18-11-10-17(27)13-19(18)26(28,29)15-25(24,34)14-23(33)32(3)12-6-9-22-30-20-7-4-5-8-21(20)31-22/h4-5,7-8,10-11,13,16,24,34H,6,9,12,14-15H2,1-3H3,(H,30,31). The monoisotopic (exact) mass is 473 g/mol. The lowest BCUT2D eigenvalue weighted by atomic mass is 9.64. The van der Waals surface area contributed by atoms with Gasteiger partial charge < -0.3 is 15.0 Å². The van der Waals surface area contributed by atoms with E-state index in [1.54, 1.807) is 7.05 Å². The molecule has 34 heavy (non-hydrogen) atoms. The Hall–Kier alpha value is -2.87. The molecule has 0 spiro atoms. The number of para-hydroxylation sites is 2. The van der Waals surface area contributed by atoms with Crippen LogP contribution in [0.1, 0.15) is 56.0 Å². The van der Waals surface area contributed by atoms with Gasteiger partial charge in [0.15, 0.2) is 0 Å². The van der Waals surface area contributed by atoms with Crippen LogP contribution in [0.5, 0.6) is 0 Å². The van der Waals surface area contributed by atoms with E-state index in [2.05, 4.69) is 9.97 Å². The third-order valence-electron chi connectivity index (χ3n) is 6.75. The Morgan fingerprint density at radius 1 is 1.26 bits per heavy atom. The maximum Gasteiger partial charge on any atom is 0.276 e. The highest BCUT2D eigenvalue weighted by Crippen LogP contribution is 2.54. The van der Waals surface area contributed by atoms with Crippen LogP contribution < -0.4 is 0 Å². The van der Waals surface area contributed by atoms with Gasteiger partial charge in [0, 0.05) is 37.9 Å². The highest BCUT2D eigenvalue weighted by atomic mass is 19.3. The van der Waals surface area contributed by atoms with Crippen LogP contribution in [-0.2, 0) is 17.1 Å². The number of aromatic nitrogens is 2. The topological polar surface area (TPSA) is 69.2 Å². The third kappa shape index (κ3) is 4.69. The molecule has 0 aliphatic heterocycles. The molecule has 1 amide bonds. The number of fused-ring (bicyclic) bond motifs is 2. The first-order valence-electron chi connectivity index (χ1n) is 11.6. The molecule has 1 heterocycles. The second kappa shape index (κ2) is 9.06. The molecule has 4 rings (SSSR count). The van der Waals surface area contributed by atoms with Crippen molar-refractivity contribution in [2.24, 2.45) is 5.92 Å². The SMILES string of the molecule is CC(C)C1c2ccc(F)cc2C(F)(F)CC1(O)CC(=O)N(C)CCCc1nc2ccccc2[nH]1. The van der Waals surface area contributed by atoms with E-state index in [9.17, 15) is 23.1 Å². The van der Waals surface area contributed by atoms with E-state index in [1.807, 2.05) is 38.1 Å². The Kier molecular flexibility index (Phi) is 6.46. The lowest BCUT2D eigenvalue weighted by molar-refractivity contribution is -0.151. The van der Waals surface area contributed by atoms with E-state index in [4.69, 9.17) is 0 Å². The van der Waals surface area contributed by atoms with Gasteiger partial charge in [-0.05, 0) is 42.2 Å². The number of halogens is 3. The van der Waals surface area contributed by atoms with Crippen molar-refractivity contribution in [3.63, 3.8) is 0 Å². The van der Waals surface area contributed by atoms with Crippen molar-refractivity contribution in [1.82, 2.24) is 14.9 Å². The Balaban J connectivity index is 1.45. The van der Waals surface area contributed by atoms with Crippen molar-refractivity contribution in [1.29, 1.82) is 0 Å². The summed E-state index contributed by atoms with van der Waals surface area (Å²) >= 11 is 0. The van der Waals surface area contributed by atoms with Crippen LogP contribution in [0.4, 0.5) is 13.2 Å². The van der Waals surface area contributed by atoms with Crippen LogP contribution in [0.25, 0.3) is 11.0 Å². The number of alkyl halides is 2. The zero-order valence-electron chi connectivity index (χ0n) is 19.6. The molecule has 2 N–H and O–H groups in total. The van der Waals surface area contributed by atoms with Crippen molar-refractivity contribution in [3.05, 3.63) is 65.2 Å². The molecule has 8 heteroatoms. The van der Waals surface area contributed by atoms with E-state index in [0.717, 1.165) is 29.0 Å². The average molecular weight is 474 g/mol. The fourth-order valence-electron chi connectivity index (χ4n) is 5.28. The van der Waals surface area contributed by atoms with Crippen molar-refractivity contribution >= 4 is 16.9 Å². The van der Waals surface area contributed by atoms with E-state index < -0.39 is 47.6 Å². The molecule has 3 aromatic rings. The van der Waals surface area contributed by atoms with Gasteiger partial charge in [0.2, 0.25) is 5.91 Å². The number of carbonyl (C=O) groups excluding carboxylic acids is 1. The van der Waals surface area contributed by atoms with Gasteiger partial charge in [-0.25, -0.2) is 18.2 Å². The molecule has 5 nitrogen and oxygen atoms in total. The van der Waals surface area contributed by atoms with Crippen LogP contribution in [0.3, 0.4) is 0 Å². The highest BCUT2D eigenvalue weighted by molar-refractivity contribution is 5.77. The normalized spacial score (nSPS) is 21.6. The van der Waals surface area contributed by atoms with Gasteiger partial charge >= 0.3 is 0 Å². The van der Waals surface area contributed by atoms with E-state index in [1.165, 1.54) is 11.0 Å². The molecule has 0 fully saturated rings. The number of aromatic amines is 1. The molecule has 0 radical (unpaired) electrons. The Bertz CT molecular complexity index is 1160. The summed E-state index contributed by atoms with van der Waals surface area (Å²) in [4.78, 5) is 22.2. The average Bonchev–Trinajstić information content (AvgIpc) is 3.16. The summed E-state index contributed by atoms with van der Waals surface area (Å²) in [5.74, 6) is -4.70. The number of aryl methyl sites for hydroxylation is 1. The number of nitrogens with one attached hydrogen (secondary N) is 1. The maximum atomic E-state index is 15.0.